The zero-order valence-electron chi connectivity index (χ0n) is 11.7. The standard InChI is InChI=1S/C18H13BrN2O/c19-16-6-4-5-15(11-16)18(22)10-9-14-12-20-21(13-14)17-7-2-1-3-8-17/h1-13H/b10-9+. The van der Waals surface area contributed by atoms with Crippen molar-refractivity contribution in [2.75, 3.05) is 0 Å². The van der Waals surface area contributed by atoms with E-state index in [1.165, 1.54) is 0 Å². The van der Waals surface area contributed by atoms with Crippen LogP contribution in [0.25, 0.3) is 11.8 Å². The highest BCUT2D eigenvalue weighted by molar-refractivity contribution is 9.10. The van der Waals surface area contributed by atoms with Crippen LogP contribution in [-0.4, -0.2) is 15.6 Å². The highest BCUT2D eigenvalue weighted by Gasteiger charge is 2.03. The number of nitrogens with zero attached hydrogens (tertiary/aromatic N) is 2. The van der Waals surface area contributed by atoms with Gasteiger partial charge in [-0.25, -0.2) is 4.68 Å². The van der Waals surface area contributed by atoms with Gasteiger partial charge >= 0.3 is 0 Å². The summed E-state index contributed by atoms with van der Waals surface area (Å²) in [5, 5.41) is 4.30. The van der Waals surface area contributed by atoms with Crippen LogP contribution < -0.4 is 0 Å². The number of benzene rings is 2. The molecule has 0 N–H and O–H groups in total. The Morgan fingerprint density at radius 1 is 1.09 bits per heavy atom. The molecule has 0 aliphatic heterocycles. The van der Waals surface area contributed by atoms with Crippen molar-refractivity contribution < 1.29 is 4.79 Å². The second-order valence-electron chi connectivity index (χ2n) is 4.76. The first-order valence-corrected chi connectivity index (χ1v) is 7.60. The number of allylic oxidation sites excluding steroid dienone is 1. The molecule has 0 spiro atoms. The first-order valence-electron chi connectivity index (χ1n) is 6.80. The van der Waals surface area contributed by atoms with Crippen molar-refractivity contribution in [1.82, 2.24) is 9.78 Å². The molecule has 4 heteroatoms. The third-order valence-corrected chi connectivity index (χ3v) is 3.65. The van der Waals surface area contributed by atoms with Crippen molar-refractivity contribution in [2.24, 2.45) is 0 Å². The number of rotatable bonds is 4. The fourth-order valence-corrected chi connectivity index (χ4v) is 2.45. The van der Waals surface area contributed by atoms with E-state index in [1.54, 1.807) is 35.2 Å². The van der Waals surface area contributed by atoms with Crippen LogP contribution in [0.15, 0.2) is 77.5 Å². The number of para-hydroxylation sites is 1. The van der Waals surface area contributed by atoms with E-state index < -0.39 is 0 Å². The number of halogens is 1. The number of carbonyl (C=O) groups is 1. The normalized spacial score (nSPS) is 11.0. The summed E-state index contributed by atoms with van der Waals surface area (Å²) in [6, 6.07) is 17.2. The van der Waals surface area contributed by atoms with Crippen molar-refractivity contribution in [3.05, 3.63) is 88.7 Å². The maximum atomic E-state index is 12.1. The van der Waals surface area contributed by atoms with Crippen molar-refractivity contribution in [3.63, 3.8) is 0 Å². The van der Waals surface area contributed by atoms with Gasteiger partial charge in [0.2, 0.25) is 0 Å². The molecule has 0 amide bonds. The van der Waals surface area contributed by atoms with Gasteiger partial charge in [0.25, 0.3) is 0 Å². The van der Waals surface area contributed by atoms with Crippen LogP contribution >= 0.6 is 15.9 Å². The smallest absolute Gasteiger partial charge is 0.185 e. The number of carbonyl (C=O) groups excluding carboxylic acids is 1. The molecule has 0 atom stereocenters. The Morgan fingerprint density at radius 3 is 2.68 bits per heavy atom. The Hall–Kier alpha value is -2.46. The van der Waals surface area contributed by atoms with Gasteiger partial charge < -0.3 is 0 Å². The molecule has 1 aromatic heterocycles. The molecule has 3 rings (SSSR count). The average Bonchev–Trinajstić information content (AvgIpc) is 3.02. The third-order valence-electron chi connectivity index (χ3n) is 3.16. The molecule has 0 unspecified atom stereocenters. The zero-order chi connectivity index (χ0) is 15.4. The van der Waals surface area contributed by atoms with Crippen LogP contribution in [0.5, 0.6) is 0 Å². The van der Waals surface area contributed by atoms with E-state index in [0.717, 1.165) is 15.7 Å². The first-order chi connectivity index (χ1) is 10.7. The summed E-state index contributed by atoms with van der Waals surface area (Å²) in [7, 11) is 0. The topological polar surface area (TPSA) is 34.9 Å². The highest BCUT2D eigenvalue weighted by atomic mass is 79.9. The van der Waals surface area contributed by atoms with E-state index in [2.05, 4.69) is 21.0 Å². The summed E-state index contributed by atoms with van der Waals surface area (Å²) in [6.45, 7) is 0. The fraction of sp³-hybridized carbons (Fsp3) is 0. The minimum atomic E-state index is -0.0336. The number of aromatic nitrogens is 2. The molecule has 0 bridgehead atoms. The maximum absolute atomic E-state index is 12.1. The largest absolute Gasteiger partial charge is 0.289 e. The van der Waals surface area contributed by atoms with Crippen LogP contribution in [0.3, 0.4) is 0 Å². The van der Waals surface area contributed by atoms with Gasteiger partial charge in [0.15, 0.2) is 5.78 Å². The summed E-state index contributed by atoms with van der Waals surface area (Å²) in [5.74, 6) is -0.0336. The third kappa shape index (κ3) is 3.40. The van der Waals surface area contributed by atoms with Gasteiger partial charge in [0, 0.05) is 21.8 Å². The predicted molar refractivity (Wildman–Crippen MR) is 91.1 cm³/mol. The van der Waals surface area contributed by atoms with E-state index >= 15 is 0 Å². The van der Waals surface area contributed by atoms with E-state index in [9.17, 15) is 4.79 Å². The summed E-state index contributed by atoms with van der Waals surface area (Å²) >= 11 is 3.37. The van der Waals surface area contributed by atoms with Crippen molar-refractivity contribution in [3.8, 4) is 5.69 Å². The Labute approximate surface area is 137 Å². The van der Waals surface area contributed by atoms with Gasteiger partial charge in [-0.3, -0.25) is 4.79 Å². The predicted octanol–water partition coefficient (Wildman–Crippen LogP) is 4.53. The first kappa shape index (κ1) is 14.5. The molecule has 0 aliphatic carbocycles. The molecule has 0 saturated carbocycles. The fourth-order valence-electron chi connectivity index (χ4n) is 2.05. The number of hydrogen-bond donors (Lipinski definition) is 0. The van der Waals surface area contributed by atoms with Crippen LogP contribution in [-0.2, 0) is 0 Å². The molecule has 0 aliphatic rings. The highest BCUT2D eigenvalue weighted by Crippen LogP contribution is 2.13. The Bertz CT molecular complexity index is 822. The molecular weight excluding hydrogens is 340 g/mol. The number of hydrogen-bond acceptors (Lipinski definition) is 2. The lowest BCUT2D eigenvalue weighted by Crippen LogP contribution is -1.93. The van der Waals surface area contributed by atoms with Crippen LogP contribution in [0, 0.1) is 0 Å². The SMILES string of the molecule is O=C(/C=C/c1cnn(-c2ccccc2)c1)c1cccc(Br)c1. The summed E-state index contributed by atoms with van der Waals surface area (Å²) in [5.41, 5.74) is 2.52. The lowest BCUT2D eigenvalue weighted by molar-refractivity contribution is 0.104. The van der Waals surface area contributed by atoms with E-state index in [-0.39, 0.29) is 5.78 Å². The second kappa shape index (κ2) is 6.54. The Morgan fingerprint density at radius 2 is 1.91 bits per heavy atom. The van der Waals surface area contributed by atoms with Gasteiger partial charge in [-0.2, -0.15) is 5.10 Å². The van der Waals surface area contributed by atoms with Crippen molar-refractivity contribution >= 4 is 27.8 Å². The van der Waals surface area contributed by atoms with E-state index in [1.807, 2.05) is 48.7 Å². The van der Waals surface area contributed by atoms with Crippen molar-refractivity contribution in [2.45, 2.75) is 0 Å². The van der Waals surface area contributed by atoms with E-state index in [4.69, 9.17) is 0 Å². The molecule has 1 heterocycles. The molecule has 3 aromatic rings. The second-order valence-corrected chi connectivity index (χ2v) is 5.68. The Balaban J connectivity index is 1.76. The van der Waals surface area contributed by atoms with Crippen LogP contribution in [0.4, 0.5) is 0 Å². The van der Waals surface area contributed by atoms with Gasteiger partial charge in [0.1, 0.15) is 0 Å². The molecule has 22 heavy (non-hydrogen) atoms. The maximum Gasteiger partial charge on any atom is 0.185 e. The molecule has 3 nitrogen and oxygen atoms in total. The zero-order valence-corrected chi connectivity index (χ0v) is 13.3. The number of ketones is 1. The molecule has 0 fully saturated rings. The van der Waals surface area contributed by atoms with E-state index in [0.29, 0.717) is 5.56 Å². The quantitative estimate of drug-likeness (QED) is 0.510. The average molecular weight is 353 g/mol. The van der Waals surface area contributed by atoms with Gasteiger partial charge in [-0.1, -0.05) is 46.3 Å². The molecule has 0 saturated heterocycles. The molecular formula is C18H13BrN2O. The summed E-state index contributed by atoms with van der Waals surface area (Å²) < 4.78 is 2.67. The van der Waals surface area contributed by atoms with Crippen LogP contribution in [0.2, 0.25) is 0 Å². The molecule has 0 radical (unpaired) electrons. The monoisotopic (exact) mass is 352 g/mol. The Kier molecular flexibility index (Phi) is 4.30. The van der Waals surface area contributed by atoms with Crippen LogP contribution in [0.1, 0.15) is 15.9 Å². The lowest BCUT2D eigenvalue weighted by atomic mass is 10.1. The molecule has 2 aromatic carbocycles. The van der Waals surface area contributed by atoms with Crippen molar-refractivity contribution in [1.29, 1.82) is 0 Å². The lowest BCUT2D eigenvalue weighted by Gasteiger charge is -1.98. The molecule has 108 valence electrons. The minimum Gasteiger partial charge on any atom is -0.289 e. The van der Waals surface area contributed by atoms with Gasteiger partial charge in [0.05, 0.1) is 11.9 Å². The minimum absolute atomic E-state index is 0.0336. The summed E-state index contributed by atoms with van der Waals surface area (Å²) in [6.07, 6.45) is 6.96. The van der Waals surface area contributed by atoms with Gasteiger partial charge in [-0.15, -0.1) is 0 Å². The van der Waals surface area contributed by atoms with Gasteiger partial charge in [-0.05, 0) is 36.4 Å². The summed E-state index contributed by atoms with van der Waals surface area (Å²) in [4.78, 5) is 12.1.